The first-order chi connectivity index (χ1) is 17.4. The van der Waals surface area contributed by atoms with Gasteiger partial charge in [0.05, 0.1) is 18.7 Å². The quantitative estimate of drug-likeness (QED) is 0.343. The van der Waals surface area contributed by atoms with Crippen LogP contribution in [0.2, 0.25) is 0 Å². The normalized spacial score (nSPS) is 14.0. The van der Waals surface area contributed by atoms with Crippen molar-refractivity contribution in [1.82, 2.24) is 4.57 Å². The Morgan fingerprint density at radius 2 is 1.67 bits per heavy atom. The fourth-order valence-corrected chi connectivity index (χ4v) is 4.51. The predicted octanol–water partition coefficient (Wildman–Crippen LogP) is 5.66. The van der Waals surface area contributed by atoms with Crippen LogP contribution in [-0.4, -0.2) is 34.3 Å². The molecule has 1 aliphatic rings. The average molecular weight is 484 g/mol. The fourth-order valence-electron chi connectivity index (χ4n) is 4.51. The highest BCUT2D eigenvalue weighted by Gasteiger charge is 2.31. The number of aliphatic carboxylic acids is 1. The molecule has 1 unspecified atom stereocenters. The number of carbonyl (C=O) groups excluding carboxylic acids is 2. The van der Waals surface area contributed by atoms with Gasteiger partial charge in [-0.05, 0) is 60.4 Å². The lowest BCUT2D eigenvalue weighted by Gasteiger charge is -2.05. The number of aryl methyl sites for hydroxylation is 1. The van der Waals surface area contributed by atoms with Gasteiger partial charge in [-0.2, -0.15) is 0 Å². The van der Waals surface area contributed by atoms with Crippen molar-refractivity contribution in [1.29, 1.82) is 0 Å². The van der Waals surface area contributed by atoms with E-state index >= 15 is 0 Å². The molecule has 0 spiro atoms. The van der Waals surface area contributed by atoms with Crippen molar-refractivity contribution < 1.29 is 24.2 Å². The fraction of sp³-hybridized carbons (Fsp3) is 0.233. The topological polar surface area (TPSA) is 85.6 Å². The zero-order valence-electron chi connectivity index (χ0n) is 20.4. The van der Waals surface area contributed by atoms with Crippen LogP contribution in [-0.2, 0) is 22.6 Å². The molecule has 5 rings (SSSR count). The molecule has 6 heteroatoms. The molecule has 0 saturated carbocycles. The second-order valence-corrected chi connectivity index (χ2v) is 8.92. The number of hydrogen-bond acceptors (Lipinski definition) is 4. The SMILES string of the molecule is COc1ccc2cc(CCC(C)=O)ccc2c1.O=C(c1ccccc1)c1ccc2n1CCC2C(=O)O. The summed E-state index contributed by atoms with van der Waals surface area (Å²) in [5.74, 6) is -0.264. The molecular formula is C30H29NO5. The Hall–Kier alpha value is -4.19. The summed E-state index contributed by atoms with van der Waals surface area (Å²) in [6.07, 6.45) is 1.99. The van der Waals surface area contributed by atoms with Crippen LogP contribution in [0.4, 0.5) is 0 Å². The molecule has 1 N–H and O–H groups in total. The summed E-state index contributed by atoms with van der Waals surface area (Å²) >= 11 is 0. The number of ketones is 2. The number of fused-ring (bicyclic) bond motifs is 2. The van der Waals surface area contributed by atoms with Crippen molar-refractivity contribution in [2.75, 3.05) is 7.11 Å². The molecule has 184 valence electrons. The van der Waals surface area contributed by atoms with E-state index in [1.807, 2.05) is 41.0 Å². The van der Waals surface area contributed by atoms with Crippen molar-refractivity contribution in [2.24, 2.45) is 0 Å². The molecule has 1 atom stereocenters. The van der Waals surface area contributed by atoms with E-state index in [1.165, 1.54) is 10.9 Å². The molecule has 1 aromatic heterocycles. The lowest BCUT2D eigenvalue weighted by molar-refractivity contribution is -0.138. The Kier molecular flexibility index (Phi) is 7.64. The highest BCUT2D eigenvalue weighted by molar-refractivity contribution is 6.08. The lowest BCUT2D eigenvalue weighted by atomic mass is 10.0. The molecule has 1 aliphatic heterocycles. The Morgan fingerprint density at radius 3 is 2.36 bits per heavy atom. The number of methoxy groups -OCH3 is 1. The molecule has 0 bridgehead atoms. The van der Waals surface area contributed by atoms with Crippen LogP contribution in [0.15, 0.2) is 78.9 Å². The summed E-state index contributed by atoms with van der Waals surface area (Å²) in [5.41, 5.74) is 3.14. The number of hydrogen-bond donors (Lipinski definition) is 1. The van der Waals surface area contributed by atoms with E-state index in [0.29, 0.717) is 30.6 Å². The van der Waals surface area contributed by atoms with Gasteiger partial charge in [0.2, 0.25) is 5.78 Å². The van der Waals surface area contributed by atoms with Crippen molar-refractivity contribution >= 4 is 28.3 Å². The molecule has 2 heterocycles. The minimum atomic E-state index is -0.824. The monoisotopic (exact) mass is 483 g/mol. The van der Waals surface area contributed by atoms with Gasteiger partial charge in [-0.15, -0.1) is 0 Å². The largest absolute Gasteiger partial charge is 0.497 e. The first-order valence-electron chi connectivity index (χ1n) is 12.0. The molecule has 0 saturated heterocycles. The van der Waals surface area contributed by atoms with Crippen molar-refractivity contribution in [3.05, 3.63) is 101 Å². The van der Waals surface area contributed by atoms with Crippen LogP contribution in [0, 0.1) is 0 Å². The molecule has 3 aromatic carbocycles. The first kappa shape index (κ1) is 24.9. The van der Waals surface area contributed by atoms with Crippen LogP contribution in [0.1, 0.15) is 53.0 Å². The van der Waals surface area contributed by atoms with Gasteiger partial charge in [-0.3, -0.25) is 9.59 Å². The van der Waals surface area contributed by atoms with Crippen LogP contribution >= 0.6 is 0 Å². The summed E-state index contributed by atoms with van der Waals surface area (Å²) in [5, 5.41) is 11.5. The molecule has 0 radical (unpaired) electrons. The van der Waals surface area contributed by atoms with E-state index < -0.39 is 11.9 Å². The molecule has 0 aliphatic carbocycles. The van der Waals surface area contributed by atoms with Gasteiger partial charge in [0.15, 0.2) is 0 Å². The van der Waals surface area contributed by atoms with E-state index in [0.717, 1.165) is 23.3 Å². The molecule has 0 fully saturated rings. The number of carboxylic acids is 1. The smallest absolute Gasteiger partial charge is 0.312 e. The number of carbonyl (C=O) groups is 3. The van der Waals surface area contributed by atoms with Crippen LogP contribution in [0.25, 0.3) is 10.8 Å². The van der Waals surface area contributed by atoms with Gasteiger partial charge in [-0.25, -0.2) is 0 Å². The number of benzene rings is 3. The molecule has 0 amide bonds. The average Bonchev–Trinajstić information content (AvgIpc) is 3.50. The minimum Gasteiger partial charge on any atom is -0.497 e. The van der Waals surface area contributed by atoms with E-state index in [1.54, 1.807) is 38.3 Å². The molecule has 4 aromatic rings. The van der Waals surface area contributed by atoms with Gasteiger partial charge in [0.25, 0.3) is 0 Å². The molecule has 36 heavy (non-hydrogen) atoms. The summed E-state index contributed by atoms with van der Waals surface area (Å²) < 4.78 is 7.01. The van der Waals surface area contributed by atoms with Gasteiger partial charge in [0.1, 0.15) is 11.5 Å². The van der Waals surface area contributed by atoms with Gasteiger partial charge < -0.3 is 19.2 Å². The standard InChI is InChI=1S/C15H13NO3.C15H16O2/c17-14(10-4-2-1-3-5-10)13-7-6-12-11(15(18)19)8-9-16(12)13;1-11(16)3-4-12-5-6-14-10-15(17-2)8-7-13(14)9-12/h1-7,11H,8-9H2,(H,18,19);5-10H,3-4H2,1-2H3. The number of ether oxygens (including phenoxy) is 1. The maximum absolute atomic E-state index is 12.4. The summed E-state index contributed by atoms with van der Waals surface area (Å²) in [6, 6.07) is 24.8. The highest BCUT2D eigenvalue weighted by atomic mass is 16.5. The third-order valence-corrected chi connectivity index (χ3v) is 6.46. The second-order valence-electron chi connectivity index (χ2n) is 8.92. The zero-order chi connectivity index (χ0) is 25.7. The number of Topliss-reactive ketones (excluding diaryl/α,β-unsaturated/α-hetero) is 1. The third kappa shape index (κ3) is 5.54. The summed E-state index contributed by atoms with van der Waals surface area (Å²) in [4.78, 5) is 34.4. The zero-order valence-corrected chi connectivity index (χ0v) is 20.4. The minimum absolute atomic E-state index is 0.0575. The maximum atomic E-state index is 12.4. The predicted molar refractivity (Wildman–Crippen MR) is 139 cm³/mol. The first-order valence-corrected chi connectivity index (χ1v) is 12.0. The van der Waals surface area contributed by atoms with Crippen LogP contribution in [0.3, 0.4) is 0 Å². The molecular weight excluding hydrogens is 454 g/mol. The van der Waals surface area contributed by atoms with Crippen LogP contribution < -0.4 is 4.74 Å². The van der Waals surface area contributed by atoms with Crippen molar-refractivity contribution in [2.45, 2.75) is 38.6 Å². The Balaban J connectivity index is 0.000000170. The van der Waals surface area contributed by atoms with E-state index in [9.17, 15) is 14.4 Å². The number of aromatic nitrogens is 1. The maximum Gasteiger partial charge on any atom is 0.312 e. The highest BCUT2D eigenvalue weighted by Crippen LogP contribution is 2.31. The van der Waals surface area contributed by atoms with E-state index in [-0.39, 0.29) is 11.6 Å². The lowest BCUT2D eigenvalue weighted by Crippen LogP contribution is -2.09. The number of carboxylic acid groups (broad SMARTS) is 1. The van der Waals surface area contributed by atoms with Crippen molar-refractivity contribution in [3.63, 3.8) is 0 Å². The van der Waals surface area contributed by atoms with E-state index in [4.69, 9.17) is 9.84 Å². The Morgan fingerprint density at radius 1 is 0.944 bits per heavy atom. The summed E-state index contributed by atoms with van der Waals surface area (Å²) in [7, 11) is 1.67. The van der Waals surface area contributed by atoms with Crippen molar-refractivity contribution in [3.8, 4) is 5.75 Å². The van der Waals surface area contributed by atoms with E-state index in [2.05, 4.69) is 18.2 Å². The van der Waals surface area contributed by atoms with Crippen LogP contribution in [0.5, 0.6) is 5.75 Å². The summed E-state index contributed by atoms with van der Waals surface area (Å²) in [6.45, 7) is 2.22. The van der Waals surface area contributed by atoms with Gasteiger partial charge in [0, 0.05) is 24.2 Å². The third-order valence-electron chi connectivity index (χ3n) is 6.46. The number of nitrogens with zero attached hydrogens (tertiary/aromatic N) is 1. The second kappa shape index (κ2) is 11.0. The Labute approximate surface area is 210 Å². The van der Waals surface area contributed by atoms with Gasteiger partial charge >= 0.3 is 5.97 Å². The molecule has 6 nitrogen and oxygen atoms in total. The Bertz CT molecular complexity index is 1400. The number of rotatable bonds is 7. The van der Waals surface area contributed by atoms with Gasteiger partial charge in [-0.1, -0.05) is 54.6 Å².